The number of thiazole rings is 1. The Morgan fingerprint density at radius 3 is 2.81 bits per heavy atom. The third-order valence-electron chi connectivity index (χ3n) is 4.08. The first kappa shape index (κ1) is 19.0. The van der Waals surface area contributed by atoms with Crippen molar-refractivity contribution < 1.29 is 9.53 Å². The summed E-state index contributed by atoms with van der Waals surface area (Å²) in [6, 6.07) is 16.3. The van der Waals surface area contributed by atoms with Crippen molar-refractivity contribution in [3.63, 3.8) is 0 Å². The van der Waals surface area contributed by atoms with Gasteiger partial charge in [-0.3, -0.25) is 4.79 Å². The Balaban J connectivity index is 1.77. The molecule has 0 radical (unpaired) electrons. The van der Waals surface area contributed by atoms with E-state index in [1.807, 2.05) is 30.3 Å². The summed E-state index contributed by atoms with van der Waals surface area (Å²) >= 11 is 5.04. The molecule has 3 rings (SSSR count). The van der Waals surface area contributed by atoms with Gasteiger partial charge in [-0.1, -0.05) is 57.6 Å². The lowest BCUT2D eigenvalue weighted by molar-refractivity contribution is -0.118. The predicted octanol–water partition coefficient (Wildman–Crippen LogP) is 4.56. The number of halogens is 1. The first-order valence-electron chi connectivity index (χ1n) is 8.56. The predicted molar refractivity (Wildman–Crippen MR) is 109 cm³/mol. The molecule has 0 aliphatic heterocycles. The van der Waals surface area contributed by atoms with Gasteiger partial charge >= 0.3 is 0 Å². The minimum absolute atomic E-state index is 0.0716. The van der Waals surface area contributed by atoms with E-state index >= 15 is 0 Å². The van der Waals surface area contributed by atoms with Gasteiger partial charge in [0.15, 0.2) is 4.80 Å². The second-order valence-electron chi connectivity index (χ2n) is 5.99. The molecule has 2 aromatic carbocycles. The molecule has 0 aliphatic rings. The summed E-state index contributed by atoms with van der Waals surface area (Å²) in [7, 11) is 1.68. The molecule has 0 aliphatic carbocycles. The zero-order valence-corrected chi connectivity index (χ0v) is 17.1. The van der Waals surface area contributed by atoms with Crippen molar-refractivity contribution in [1.82, 2.24) is 4.57 Å². The topological polar surface area (TPSA) is 43.6 Å². The average Bonchev–Trinajstić information content (AvgIpc) is 2.96. The lowest BCUT2D eigenvalue weighted by Crippen LogP contribution is -2.19. The maximum Gasteiger partial charge on any atom is 0.248 e. The van der Waals surface area contributed by atoms with Crippen molar-refractivity contribution in [2.24, 2.45) is 4.99 Å². The Labute approximate surface area is 165 Å². The fraction of sp³-hybridized carbons (Fsp3) is 0.300. The molecule has 3 aromatic rings. The molecule has 0 bridgehead atoms. The van der Waals surface area contributed by atoms with Gasteiger partial charge < -0.3 is 9.30 Å². The van der Waals surface area contributed by atoms with Crippen LogP contribution in [-0.2, 0) is 22.5 Å². The summed E-state index contributed by atoms with van der Waals surface area (Å²) in [6.07, 6.45) is 2.16. The summed E-state index contributed by atoms with van der Waals surface area (Å²) < 4.78 is 9.39. The van der Waals surface area contributed by atoms with Gasteiger partial charge in [0, 0.05) is 24.5 Å². The zero-order chi connectivity index (χ0) is 18.4. The molecule has 0 atom stereocenters. The molecular formula is C20H21BrN2O2S. The van der Waals surface area contributed by atoms with Crippen LogP contribution in [0, 0.1) is 0 Å². The lowest BCUT2D eigenvalue weighted by Gasteiger charge is -2.04. The Bertz CT molecular complexity index is 947. The number of aromatic nitrogens is 1. The van der Waals surface area contributed by atoms with E-state index in [9.17, 15) is 4.79 Å². The van der Waals surface area contributed by atoms with Crippen LogP contribution in [0.5, 0.6) is 0 Å². The van der Waals surface area contributed by atoms with E-state index in [0.717, 1.165) is 32.3 Å². The number of hydrogen-bond donors (Lipinski definition) is 0. The van der Waals surface area contributed by atoms with Crippen LogP contribution >= 0.6 is 27.3 Å². The molecule has 1 aromatic heterocycles. The fourth-order valence-corrected chi connectivity index (χ4v) is 4.41. The van der Waals surface area contributed by atoms with Gasteiger partial charge in [0.05, 0.1) is 16.8 Å². The van der Waals surface area contributed by atoms with Gasteiger partial charge in [-0.15, -0.1) is 0 Å². The number of carbonyl (C=O) groups excluding carboxylic acids is 1. The highest BCUT2D eigenvalue weighted by Crippen LogP contribution is 2.22. The Morgan fingerprint density at radius 2 is 2.04 bits per heavy atom. The summed E-state index contributed by atoms with van der Waals surface area (Å²) in [4.78, 5) is 17.5. The van der Waals surface area contributed by atoms with Gasteiger partial charge in [-0.2, -0.15) is 4.99 Å². The Morgan fingerprint density at radius 1 is 1.23 bits per heavy atom. The SMILES string of the molecule is COCCn1c(=NC(=O)CCCc2ccccc2)sc2cc(Br)ccc21. The number of fused-ring (bicyclic) bond motifs is 1. The standard InChI is InChI=1S/C20H21BrN2O2S/c1-25-13-12-23-17-11-10-16(21)14-18(17)26-20(23)22-19(24)9-5-8-15-6-3-2-4-7-15/h2-4,6-7,10-11,14H,5,8-9,12-13H2,1H3. The Kier molecular flexibility index (Phi) is 6.77. The number of nitrogens with zero attached hydrogens (tertiary/aromatic N) is 2. The van der Waals surface area contributed by atoms with Crippen LogP contribution in [0.15, 0.2) is 58.0 Å². The van der Waals surface area contributed by atoms with E-state index in [2.05, 4.69) is 43.7 Å². The second kappa shape index (κ2) is 9.26. The number of methoxy groups -OCH3 is 1. The highest BCUT2D eigenvalue weighted by Gasteiger charge is 2.08. The maximum atomic E-state index is 12.4. The molecule has 4 nitrogen and oxygen atoms in total. The molecule has 26 heavy (non-hydrogen) atoms. The van der Waals surface area contributed by atoms with E-state index in [4.69, 9.17) is 4.74 Å². The monoisotopic (exact) mass is 432 g/mol. The van der Waals surface area contributed by atoms with Gasteiger partial charge in [-0.05, 0) is 36.6 Å². The highest BCUT2D eigenvalue weighted by atomic mass is 79.9. The minimum Gasteiger partial charge on any atom is -0.383 e. The number of rotatable bonds is 7. The van der Waals surface area contributed by atoms with Crippen molar-refractivity contribution in [2.75, 3.05) is 13.7 Å². The normalized spacial score (nSPS) is 12.0. The second-order valence-corrected chi connectivity index (χ2v) is 7.91. The summed E-state index contributed by atoms with van der Waals surface area (Å²) in [5, 5.41) is 0. The molecule has 6 heteroatoms. The first-order chi connectivity index (χ1) is 12.7. The van der Waals surface area contributed by atoms with E-state index in [1.54, 1.807) is 7.11 Å². The molecule has 0 N–H and O–H groups in total. The van der Waals surface area contributed by atoms with Crippen LogP contribution in [0.25, 0.3) is 10.2 Å². The zero-order valence-electron chi connectivity index (χ0n) is 14.7. The molecular weight excluding hydrogens is 412 g/mol. The van der Waals surface area contributed by atoms with Crippen molar-refractivity contribution in [1.29, 1.82) is 0 Å². The minimum atomic E-state index is -0.0716. The smallest absolute Gasteiger partial charge is 0.248 e. The first-order valence-corrected chi connectivity index (χ1v) is 10.2. The van der Waals surface area contributed by atoms with Crippen LogP contribution in [-0.4, -0.2) is 24.2 Å². The van der Waals surface area contributed by atoms with Crippen molar-refractivity contribution in [3.8, 4) is 0 Å². The van der Waals surface area contributed by atoms with Crippen molar-refractivity contribution in [2.45, 2.75) is 25.8 Å². The third kappa shape index (κ3) is 4.90. The van der Waals surface area contributed by atoms with E-state index in [-0.39, 0.29) is 5.91 Å². The number of amides is 1. The number of benzene rings is 2. The van der Waals surface area contributed by atoms with Crippen LogP contribution in [0.4, 0.5) is 0 Å². The average molecular weight is 433 g/mol. The largest absolute Gasteiger partial charge is 0.383 e. The molecule has 0 saturated carbocycles. The van der Waals surface area contributed by atoms with Crippen LogP contribution in [0.2, 0.25) is 0 Å². The maximum absolute atomic E-state index is 12.4. The fourth-order valence-electron chi connectivity index (χ4n) is 2.78. The summed E-state index contributed by atoms with van der Waals surface area (Å²) in [5.74, 6) is -0.0716. The molecule has 0 spiro atoms. The van der Waals surface area contributed by atoms with Gasteiger partial charge in [0.2, 0.25) is 5.91 Å². The van der Waals surface area contributed by atoms with Gasteiger partial charge in [-0.25, -0.2) is 0 Å². The molecule has 136 valence electrons. The number of ether oxygens (including phenoxy) is 1. The van der Waals surface area contributed by atoms with E-state index in [0.29, 0.717) is 19.6 Å². The van der Waals surface area contributed by atoms with E-state index < -0.39 is 0 Å². The molecule has 0 unspecified atom stereocenters. The highest BCUT2D eigenvalue weighted by molar-refractivity contribution is 9.10. The molecule has 0 fully saturated rings. The van der Waals surface area contributed by atoms with E-state index in [1.165, 1.54) is 16.9 Å². The lowest BCUT2D eigenvalue weighted by atomic mass is 10.1. The van der Waals surface area contributed by atoms with Crippen molar-refractivity contribution >= 4 is 43.4 Å². The van der Waals surface area contributed by atoms with Gasteiger partial charge in [0.1, 0.15) is 0 Å². The van der Waals surface area contributed by atoms with Gasteiger partial charge in [0.25, 0.3) is 0 Å². The molecule has 1 heterocycles. The van der Waals surface area contributed by atoms with Crippen LogP contribution in [0.1, 0.15) is 18.4 Å². The van der Waals surface area contributed by atoms with Crippen LogP contribution in [0.3, 0.4) is 0 Å². The van der Waals surface area contributed by atoms with Crippen molar-refractivity contribution in [3.05, 3.63) is 63.4 Å². The third-order valence-corrected chi connectivity index (χ3v) is 5.62. The quantitative estimate of drug-likeness (QED) is 0.548. The number of carbonyl (C=O) groups is 1. The number of aryl methyl sites for hydroxylation is 1. The summed E-state index contributed by atoms with van der Waals surface area (Å²) in [5.41, 5.74) is 2.33. The van der Waals surface area contributed by atoms with Crippen LogP contribution < -0.4 is 4.80 Å². The summed E-state index contributed by atoms with van der Waals surface area (Å²) in [6.45, 7) is 1.26. The molecule has 1 amide bonds. The molecule has 0 saturated heterocycles. The number of hydrogen-bond acceptors (Lipinski definition) is 3. The Hall–Kier alpha value is -1.76.